The Morgan fingerprint density at radius 2 is 2.24 bits per heavy atom. The van der Waals surface area contributed by atoms with Gasteiger partial charge in [0.15, 0.2) is 0 Å². The number of benzene rings is 1. The Balaban J connectivity index is 2.16. The molecule has 0 aromatic heterocycles. The number of hydrogen-bond donors (Lipinski definition) is 1. The van der Waals surface area contributed by atoms with Crippen molar-refractivity contribution in [3.63, 3.8) is 0 Å². The molecule has 1 aliphatic rings. The smallest absolute Gasteiger partial charge is 0.292 e. The molecule has 2 atom stereocenters. The Labute approximate surface area is 130 Å². The second kappa shape index (κ2) is 7.13. The average molecular weight is 309 g/mol. The van der Waals surface area contributed by atoms with Gasteiger partial charge in [-0.3, -0.25) is 15.0 Å². The first-order chi connectivity index (χ1) is 10.0. The Hall–Kier alpha value is -1.27. The van der Waals surface area contributed by atoms with Crippen LogP contribution in [0.4, 0.5) is 11.4 Å². The van der Waals surface area contributed by atoms with Crippen molar-refractivity contribution in [1.82, 2.24) is 4.90 Å². The minimum atomic E-state index is -0.329. The van der Waals surface area contributed by atoms with Gasteiger partial charge in [0.05, 0.1) is 4.92 Å². The monoisotopic (exact) mass is 309 g/mol. The highest BCUT2D eigenvalue weighted by Gasteiger charge is 2.25. The van der Waals surface area contributed by atoms with E-state index in [1.54, 1.807) is 6.07 Å². The van der Waals surface area contributed by atoms with Crippen LogP contribution in [0, 0.1) is 10.1 Å². The van der Waals surface area contributed by atoms with E-state index in [1.165, 1.54) is 0 Å². The Bertz CT molecular complexity index is 510. The van der Waals surface area contributed by atoms with Crippen LogP contribution in [0.25, 0.3) is 0 Å². The molecule has 116 valence electrons. The number of thioether (sulfide) groups is 1. The van der Waals surface area contributed by atoms with Crippen LogP contribution in [0.5, 0.6) is 0 Å². The number of rotatable bonds is 5. The second-order valence-corrected chi connectivity index (χ2v) is 6.91. The van der Waals surface area contributed by atoms with E-state index >= 15 is 0 Å². The zero-order valence-corrected chi connectivity index (χ0v) is 13.7. The fourth-order valence-corrected chi connectivity index (χ4v) is 3.79. The van der Waals surface area contributed by atoms with Crippen LogP contribution in [0.15, 0.2) is 18.2 Å². The van der Waals surface area contributed by atoms with Crippen molar-refractivity contribution in [2.75, 3.05) is 24.2 Å². The van der Waals surface area contributed by atoms with E-state index in [2.05, 4.69) is 24.1 Å². The van der Waals surface area contributed by atoms with Gasteiger partial charge in [-0.2, -0.15) is 11.8 Å². The molecule has 1 aromatic rings. The van der Waals surface area contributed by atoms with Gasteiger partial charge < -0.3 is 5.32 Å². The second-order valence-electron chi connectivity index (χ2n) is 5.43. The van der Waals surface area contributed by atoms with Crippen molar-refractivity contribution < 1.29 is 4.92 Å². The molecule has 0 spiro atoms. The molecule has 21 heavy (non-hydrogen) atoms. The quantitative estimate of drug-likeness (QED) is 0.667. The van der Waals surface area contributed by atoms with E-state index < -0.39 is 0 Å². The summed E-state index contributed by atoms with van der Waals surface area (Å²) in [5.41, 5.74) is 1.89. The summed E-state index contributed by atoms with van der Waals surface area (Å²) in [6.07, 6.45) is 0. The maximum atomic E-state index is 11.0. The highest BCUT2D eigenvalue weighted by Crippen LogP contribution is 2.29. The van der Waals surface area contributed by atoms with Crippen molar-refractivity contribution in [3.05, 3.63) is 33.9 Å². The van der Waals surface area contributed by atoms with Gasteiger partial charge in [-0.15, -0.1) is 0 Å². The SMILES string of the molecule is CCNc1cc(CN2CCSC(C)C2C)ccc1[N+](=O)[O-]. The Kier molecular flexibility index (Phi) is 5.47. The fourth-order valence-electron chi connectivity index (χ4n) is 2.63. The predicted octanol–water partition coefficient (Wildman–Crippen LogP) is 3.35. The lowest BCUT2D eigenvalue weighted by atomic mass is 10.1. The summed E-state index contributed by atoms with van der Waals surface area (Å²) < 4.78 is 0. The molecule has 2 rings (SSSR count). The molecule has 0 aliphatic carbocycles. The first kappa shape index (κ1) is 16.1. The molecule has 1 aliphatic heterocycles. The van der Waals surface area contributed by atoms with Gasteiger partial charge in [0.1, 0.15) is 5.69 Å². The van der Waals surface area contributed by atoms with Crippen molar-refractivity contribution >= 4 is 23.1 Å². The highest BCUT2D eigenvalue weighted by atomic mass is 32.2. The van der Waals surface area contributed by atoms with Gasteiger partial charge in [0.25, 0.3) is 5.69 Å². The van der Waals surface area contributed by atoms with Crippen LogP contribution in [0.2, 0.25) is 0 Å². The normalized spacial score (nSPS) is 23.0. The Morgan fingerprint density at radius 1 is 1.48 bits per heavy atom. The van der Waals surface area contributed by atoms with Crippen LogP contribution in [0.1, 0.15) is 26.3 Å². The van der Waals surface area contributed by atoms with Gasteiger partial charge >= 0.3 is 0 Å². The zero-order chi connectivity index (χ0) is 15.4. The van der Waals surface area contributed by atoms with Crippen LogP contribution in [0.3, 0.4) is 0 Å². The maximum Gasteiger partial charge on any atom is 0.292 e. The van der Waals surface area contributed by atoms with Crippen molar-refractivity contribution in [1.29, 1.82) is 0 Å². The summed E-state index contributed by atoms with van der Waals surface area (Å²) >= 11 is 2.01. The Morgan fingerprint density at radius 3 is 2.90 bits per heavy atom. The molecule has 0 amide bonds. The van der Waals surface area contributed by atoms with E-state index in [4.69, 9.17) is 0 Å². The topological polar surface area (TPSA) is 58.4 Å². The van der Waals surface area contributed by atoms with Crippen LogP contribution in [-0.2, 0) is 6.54 Å². The van der Waals surface area contributed by atoms with E-state index in [0.29, 0.717) is 23.5 Å². The predicted molar refractivity (Wildman–Crippen MR) is 89.1 cm³/mol. The van der Waals surface area contributed by atoms with Gasteiger partial charge in [-0.1, -0.05) is 13.0 Å². The molecule has 1 fully saturated rings. The summed E-state index contributed by atoms with van der Waals surface area (Å²) in [5.74, 6) is 1.15. The molecule has 0 radical (unpaired) electrons. The maximum absolute atomic E-state index is 11.0. The molecule has 1 aromatic carbocycles. The number of hydrogen-bond acceptors (Lipinski definition) is 5. The first-order valence-electron chi connectivity index (χ1n) is 7.39. The molecule has 0 saturated carbocycles. The minimum Gasteiger partial charge on any atom is -0.380 e. The molecular weight excluding hydrogens is 286 g/mol. The van der Waals surface area contributed by atoms with E-state index in [1.807, 2.05) is 30.8 Å². The van der Waals surface area contributed by atoms with Crippen molar-refractivity contribution in [3.8, 4) is 0 Å². The van der Waals surface area contributed by atoms with Gasteiger partial charge in [-0.25, -0.2) is 0 Å². The largest absolute Gasteiger partial charge is 0.380 e. The standard InChI is InChI=1S/C15H23N3O2S/c1-4-16-14-9-13(5-6-15(14)18(19)20)10-17-7-8-21-12(3)11(17)2/h5-6,9,11-12,16H,4,7-8,10H2,1-3H3. The third kappa shape index (κ3) is 3.89. The summed E-state index contributed by atoms with van der Waals surface area (Å²) in [4.78, 5) is 13.2. The van der Waals surface area contributed by atoms with E-state index in [-0.39, 0.29) is 10.6 Å². The number of nitro benzene ring substituents is 1. The van der Waals surface area contributed by atoms with Crippen LogP contribution >= 0.6 is 11.8 Å². The number of nitro groups is 1. The van der Waals surface area contributed by atoms with Gasteiger partial charge in [0.2, 0.25) is 0 Å². The third-order valence-corrected chi connectivity index (χ3v) is 5.36. The van der Waals surface area contributed by atoms with Crippen molar-refractivity contribution in [2.24, 2.45) is 0 Å². The highest BCUT2D eigenvalue weighted by molar-refractivity contribution is 8.00. The van der Waals surface area contributed by atoms with E-state index in [9.17, 15) is 10.1 Å². The lowest BCUT2D eigenvalue weighted by Crippen LogP contribution is -2.43. The zero-order valence-electron chi connectivity index (χ0n) is 12.8. The molecule has 1 heterocycles. The molecule has 0 bridgehead atoms. The fraction of sp³-hybridized carbons (Fsp3) is 0.600. The number of anilines is 1. The summed E-state index contributed by atoms with van der Waals surface area (Å²) in [6, 6.07) is 5.93. The molecular formula is C15H23N3O2S. The summed E-state index contributed by atoms with van der Waals surface area (Å²) in [5, 5.41) is 14.8. The van der Waals surface area contributed by atoms with Crippen LogP contribution in [-0.4, -0.2) is 40.0 Å². The molecule has 2 unspecified atom stereocenters. The first-order valence-corrected chi connectivity index (χ1v) is 8.44. The lowest BCUT2D eigenvalue weighted by Gasteiger charge is -2.37. The lowest BCUT2D eigenvalue weighted by molar-refractivity contribution is -0.384. The van der Waals surface area contributed by atoms with Crippen molar-refractivity contribution in [2.45, 2.75) is 38.6 Å². The van der Waals surface area contributed by atoms with Crippen LogP contribution < -0.4 is 5.32 Å². The minimum absolute atomic E-state index is 0.149. The third-order valence-electron chi connectivity index (χ3n) is 4.03. The van der Waals surface area contributed by atoms with E-state index in [0.717, 1.165) is 24.4 Å². The van der Waals surface area contributed by atoms with Gasteiger partial charge in [-0.05, 0) is 25.5 Å². The number of nitrogens with one attached hydrogen (secondary N) is 1. The average Bonchev–Trinajstić information content (AvgIpc) is 2.44. The number of nitrogens with zero attached hydrogens (tertiary/aromatic N) is 2. The molecule has 1 saturated heterocycles. The van der Waals surface area contributed by atoms with Gasteiger partial charge in [0, 0.05) is 42.7 Å². The molecule has 1 N–H and O–H groups in total. The summed E-state index contributed by atoms with van der Waals surface area (Å²) in [6.45, 7) is 9.07. The molecule has 6 heteroatoms. The molecule has 5 nitrogen and oxygen atoms in total. The summed E-state index contributed by atoms with van der Waals surface area (Å²) in [7, 11) is 0.